The molecule has 0 bridgehead atoms. The fourth-order valence-corrected chi connectivity index (χ4v) is 1.60. The van der Waals surface area contributed by atoms with E-state index in [1.165, 1.54) is 0 Å². The highest BCUT2D eigenvalue weighted by atomic mass is 15.4. The van der Waals surface area contributed by atoms with Gasteiger partial charge in [0.25, 0.3) is 0 Å². The molecule has 0 saturated heterocycles. The van der Waals surface area contributed by atoms with Gasteiger partial charge in [0, 0.05) is 18.0 Å². The summed E-state index contributed by atoms with van der Waals surface area (Å²) in [5, 5.41) is 4.33. The van der Waals surface area contributed by atoms with Gasteiger partial charge in [0.15, 0.2) is 0 Å². The van der Waals surface area contributed by atoms with E-state index in [1.807, 2.05) is 31.2 Å². The van der Waals surface area contributed by atoms with Gasteiger partial charge in [-0.2, -0.15) is 9.78 Å². The second kappa shape index (κ2) is 5.77. The molecule has 5 heteroatoms. The Bertz CT molecular complexity index is 623. The molecule has 0 aliphatic heterocycles. The topological polar surface area (TPSA) is 69.1 Å². The number of allylic oxidation sites excluding steroid dienone is 2. The standard InChI is InChI=1S/C14H15N5/c1-3-4-7-13-11(2)18-14(15)19(13)17-10-12-6-5-8-16-9-12/h3-10H,1H2,2H3,(H2,15,18)/b7-4-,17-10+. The number of nitrogens with zero attached hydrogens (tertiary/aromatic N) is 4. The van der Waals surface area contributed by atoms with Gasteiger partial charge in [0.1, 0.15) is 0 Å². The average molecular weight is 253 g/mol. The first-order chi connectivity index (χ1) is 9.22. The molecule has 0 unspecified atom stereocenters. The van der Waals surface area contributed by atoms with Crippen LogP contribution in [0.2, 0.25) is 0 Å². The molecule has 0 radical (unpaired) electrons. The largest absolute Gasteiger partial charge is 0.368 e. The molecule has 0 aliphatic rings. The molecule has 0 aromatic carbocycles. The highest BCUT2D eigenvalue weighted by Gasteiger charge is 2.08. The third-order valence-corrected chi connectivity index (χ3v) is 2.50. The van der Waals surface area contributed by atoms with Crippen LogP contribution in [0.15, 0.2) is 48.4 Å². The van der Waals surface area contributed by atoms with Crippen LogP contribution in [0.3, 0.4) is 0 Å². The Morgan fingerprint density at radius 2 is 2.32 bits per heavy atom. The van der Waals surface area contributed by atoms with Crippen molar-refractivity contribution in [2.75, 3.05) is 5.73 Å². The van der Waals surface area contributed by atoms with Crippen LogP contribution in [-0.4, -0.2) is 20.9 Å². The number of pyridine rings is 1. The Hall–Kier alpha value is -2.69. The van der Waals surface area contributed by atoms with Crippen molar-refractivity contribution in [1.82, 2.24) is 14.6 Å². The minimum atomic E-state index is 0.348. The Labute approximate surface area is 111 Å². The number of aryl methyl sites for hydroxylation is 1. The maximum Gasteiger partial charge on any atom is 0.222 e. The molecule has 2 rings (SSSR count). The van der Waals surface area contributed by atoms with E-state index in [1.54, 1.807) is 29.4 Å². The number of rotatable bonds is 4. The number of hydrogen-bond acceptors (Lipinski definition) is 4. The average Bonchev–Trinajstić information content (AvgIpc) is 2.69. The van der Waals surface area contributed by atoms with E-state index in [2.05, 4.69) is 21.6 Å². The summed E-state index contributed by atoms with van der Waals surface area (Å²) >= 11 is 0. The second-order valence-electron chi connectivity index (χ2n) is 3.88. The first-order valence-corrected chi connectivity index (χ1v) is 5.80. The molecule has 19 heavy (non-hydrogen) atoms. The summed E-state index contributed by atoms with van der Waals surface area (Å²) in [5.74, 6) is 0.348. The molecule has 2 heterocycles. The van der Waals surface area contributed by atoms with Gasteiger partial charge in [-0.25, -0.2) is 4.98 Å². The summed E-state index contributed by atoms with van der Waals surface area (Å²) in [6.45, 7) is 5.53. The minimum absolute atomic E-state index is 0.348. The summed E-state index contributed by atoms with van der Waals surface area (Å²) in [6.07, 6.45) is 10.5. The van der Waals surface area contributed by atoms with Gasteiger partial charge in [0.05, 0.1) is 17.6 Å². The molecular formula is C14H15N5. The normalized spacial score (nSPS) is 11.4. The number of imidazole rings is 1. The van der Waals surface area contributed by atoms with Crippen molar-refractivity contribution < 1.29 is 0 Å². The molecule has 0 fully saturated rings. The monoisotopic (exact) mass is 253 g/mol. The minimum Gasteiger partial charge on any atom is -0.368 e. The van der Waals surface area contributed by atoms with Gasteiger partial charge < -0.3 is 5.73 Å². The zero-order chi connectivity index (χ0) is 13.7. The number of nitrogens with two attached hydrogens (primary N) is 1. The fraction of sp³-hybridized carbons (Fsp3) is 0.0714. The van der Waals surface area contributed by atoms with E-state index in [9.17, 15) is 0 Å². The van der Waals surface area contributed by atoms with Crippen LogP contribution in [0.25, 0.3) is 6.08 Å². The Morgan fingerprint density at radius 3 is 3.00 bits per heavy atom. The molecule has 0 aliphatic carbocycles. The smallest absolute Gasteiger partial charge is 0.222 e. The SMILES string of the molecule is C=C/C=C\c1c(C)nc(N)n1/N=C/c1cccnc1. The number of hydrogen-bond donors (Lipinski definition) is 1. The lowest BCUT2D eigenvalue weighted by Crippen LogP contribution is -2.00. The predicted octanol–water partition coefficient (Wildman–Crippen LogP) is 2.25. The first-order valence-electron chi connectivity index (χ1n) is 5.80. The van der Waals surface area contributed by atoms with Crippen molar-refractivity contribution in [2.45, 2.75) is 6.92 Å². The van der Waals surface area contributed by atoms with Gasteiger partial charge in [-0.15, -0.1) is 0 Å². The van der Waals surface area contributed by atoms with Crippen molar-refractivity contribution in [3.05, 3.63) is 60.2 Å². The van der Waals surface area contributed by atoms with Crippen molar-refractivity contribution in [1.29, 1.82) is 0 Å². The van der Waals surface area contributed by atoms with E-state index >= 15 is 0 Å². The van der Waals surface area contributed by atoms with Crippen LogP contribution in [0.1, 0.15) is 17.0 Å². The van der Waals surface area contributed by atoms with Crippen molar-refractivity contribution in [3.63, 3.8) is 0 Å². The van der Waals surface area contributed by atoms with Crippen LogP contribution in [-0.2, 0) is 0 Å². The maximum atomic E-state index is 5.84. The zero-order valence-electron chi connectivity index (χ0n) is 10.7. The second-order valence-corrected chi connectivity index (χ2v) is 3.88. The van der Waals surface area contributed by atoms with Crippen LogP contribution < -0.4 is 5.73 Å². The highest BCUT2D eigenvalue weighted by Crippen LogP contribution is 2.14. The van der Waals surface area contributed by atoms with E-state index in [4.69, 9.17) is 5.73 Å². The molecule has 0 atom stereocenters. The van der Waals surface area contributed by atoms with E-state index in [0.29, 0.717) is 5.95 Å². The van der Waals surface area contributed by atoms with Gasteiger partial charge in [-0.3, -0.25) is 4.98 Å². The van der Waals surface area contributed by atoms with Crippen LogP contribution in [0.4, 0.5) is 5.95 Å². The zero-order valence-corrected chi connectivity index (χ0v) is 10.7. The molecule has 96 valence electrons. The summed E-state index contributed by atoms with van der Waals surface area (Å²) < 4.78 is 1.59. The summed E-state index contributed by atoms with van der Waals surface area (Å²) in [6, 6.07) is 3.76. The lowest BCUT2D eigenvalue weighted by molar-refractivity contribution is 0.885. The molecule has 2 aromatic rings. The molecule has 2 aromatic heterocycles. The number of anilines is 1. The molecule has 5 nitrogen and oxygen atoms in total. The molecule has 0 amide bonds. The maximum absolute atomic E-state index is 5.84. The summed E-state index contributed by atoms with van der Waals surface area (Å²) in [4.78, 5) is 8.22. The first kappa shape index (κ1) is 12.8. The highest BCUT2D eigenvalue weighted by molar-refractivity contribution is 5.79. The third-order valence-electron chi connectivity index (χ3n) is 2.50. The van der Waals surface area contributed by atoms with Gasteiger partial charge in [0.2, 0.25) is 5.95 Å². The third kappa shape index (κ3) is 2.95. The Balaban J connectivity index is 2.37. The molecule has 0 saturated carbocycles. The van der Waals surface area contributed by atoms with Crippen molar-refractivity contribution >= 4 is 18.2 Å². The van der Waals surface area contributed by atoms with Crippen LogP contribution in [0.5, 0.6) is 0 Å². The van der Waals surface area contributed by atoms with E-state index in [0.717, 1.165) is 17.0 Å². The van der Waals surface area contributed by atoms with Gasteiger partial charge >= 0.3 is 0 Å². The van der Waals surface area contributed by atoms with Gasteiger partial charge in [-0.1, -0.05) is 24.8 Å². The molecule has 0 spiro atoms. The summed E-state index contributed by atoms with van der Waals surface area (Å²) in [5.41, 5.74) is 8.39. The lowest BCUT2D eigenvalue weighted by atomic mass is 10.3. The Kier molecular flexibility index (Phi) is 3.87. The lowest BCUT2D eigenvalue weighted by Gasteiger charge is -2.00. The predicted molar refractivity (Wildman–Crippen MR) is 77.8 cm³/mol. The number of nitrogen functional groups attached to an aromatic ring is 1. The van der Waals surface area contributed by atoms with Gasteiger partial charge in [-0.05, 0) is 19.1 Å². The summed E-state index contributed by atoms with van der Waals surface area (Å²) in [7, 11) is 0. The van der Waals surface area contributed by atoms with E-state index < -0.39 is 0 Å². The quantitative estimate of drug-likeness (QED) is 0.671. The van der Waals surface area contributed by atoms with Crippen LogP contribution >= 0.6 is 0 Å². The molecule has 2 N–H and O–H groups in total. The van der Waals surface area contributed by atoms with Crippen LogP contribution in [0, 0.1) is 6.92 Å². The van der Waals surface area contributed by atoms with Crippen molar-refractivity contribution in [3.8, 4) is 0 Å². The Morgan fingerprint density at radius 1 is 1.47 bits per heavy atom. The fourth-order valence-electron chi connectivity index (χ4n) is 1.60. The van der Waals surface area contributed by atoms with Crippen molar-refractivity contribution in [2.24, 2.45) is 5.10 Å². The van der Waals surface area contributed by atoms with E-state index in [-0.39, 0.29) is 0 Å². The number of aromatic nitrogens is 3. The molecular weight excluding hydrogens is 238 g/mol.